The Morgan fingerprint density at radius 3 is 2.52 bits per heavy atom. The lowest BCUT2D eigenvalue weighted by Gasteiger charge is -2.16. The molecule has 0 saturated carbocycles. The van der Waals surface area contributed by atoms with Gasteiger partial charge in [0.05, 0.1) is 18.4 Å². The van der Waals surface area contributed by atoms with E-state index in [0.29, 0.717) is 12.2 Å². The minimum atomic E-state index is -0.916. The van der Waals surface area contributed by atoms with E-state index < -0.39 is 11.9 Å². The van der Waals surface area contributed by atoms with Gasteiger partial charge in [-0.3, -0.25) is 9.59 Å². The number of hydrogen-bond acceptors (Lipinski definition) is 3. The number of ether oxygens (including phenoxy) is 1. The van der Waals surface area contributed by atoms with Gasteiger partial charge >= 0.3 is 5.97 Å². The molecule has 1 amide bonds. The van der Waals surface area contributed by atoms with Gasteiger partial charge in [-0.2, -0.15) is 0 Å². The molecule has 0 aliphatic rings. The van der Waals surface area contributed by atoms with E-state index in [1.54, 1.807) is 0 Å². The average Bonchev–Trinajstić information content (AvgIpc) is 2.59. The zero-order valence-electron chi connectivity index (χ0n) is 16.1. The summed E-state index contributed by atoms with van der Waals surface area (Å²) in [6, 6.07) is 15.2. The summed E-state index contributed by atoms with van der Waals surface area (Å²) in [5.41, 5.74) is 2.82. The monoisotopic (exact) mass is 369 g/mol. The smallest absolute Gasteiger partial charge is 0.308 e. The third kappa shape index (κ3) is 6.77. The maximum atomic E-state index is 12.3. The second kappa shape index (κ2) is 9.76. The highest BCUT2D eigenvalue weighted by Gasteiger charge is 2.19. The number of rotatable bonds is 9. The van der Waals surface area contributed by atoms with Crippen molar-refractivity contribution in [1.29, 1.82) is 0 Å². The van der Waals surface area contributed by atoms with Crippen LogP contribution in [0, 0.1) is 12.8 Å². The number of aliphatic carboxylic acids is 1. The molecule has 0 bridgehead atoms. The van der Waals surface area contributed by atoms with Crippen LogP contribution in [0.3, 0.4) is 0 Å². The van der Waals surface area contributed by atoms with Gasteiger partial charge in [-0.15, -0.1) is 0 Å². The molecule has 0 aromatic heterocycles. The number of carboxylic acid groups (broad SMARTS) is 1. The fourth-order valence-electron chi connectivity index (χ4n) is 2.86. The Labute approximate surface area is 160 Å². The molecule has 0 spiro atoms. The number of amides is 1. The molecule has 5 nitrogen and oxygen atoms in total. The predicted octanol–water partition coefficient (Wildman–Crippen LogP) is 3.38. The highest BCUT2D eigenvalue weighted by atomic mass is 16.5. The van der Waals surface area contributed by atoms with Crippen LogP contribution in [0.25, 0.3) is 0 Å². The number of para-hydroxylation sites is 1. The zero-order chi connectivity index (χ0) is 19.8. The lowest BCUT2D eigenvalue weighted by Crippen LogP contribution is -2.35. The van der Waals surface area contributed by atoms with Crippen LogP contribution in [0.5, 0.6) is 5.75 Å². The van der Waals surface area contributed by atoms with Gasteiger partial charge in [-0.25, -0.2) is 0 Å². The summed E-state index contributed by atoms with van der Waals surface area (Å²) in [7, 11) is 0. The van der Waals surface area contributed by atoms with Gasteiger partial charge < -0.3 is 15.2 Å². The average molecular weight is 369 g/mol. The summed E-state index contributed by atoms with van der Waals surface area (Å²) in [5.74, 6) is -1.12. The first-order valence-electron chi connectivity index (χ1n) is 9.14. The topological polar surface area (TPSA) is 75.6 Å². The minimum Gasteiger partial charge on any atom is -0.491 e. The third-order valence-corrected chi connectivity index (χ3v) is 4.15. The first kappa shape index (κ1) is 20.5. The minimum absolute atomic E-state index is 0.0138. The van der Waals surface area contributed by atoms with Crippen LogP contribution in [-0.2, 0) is 22.4 Å². The number of nitrogens with one attached hydrogen (secondary N) is 1. The summed E-state index contributed by atoms with van der Waals surface area (Å²) >= 11 is 0. The summed E-state index contributed by atoms with van der Waals surface area (Å²) in [6.45, 7) is 5.92. The molecule has 0 aliphatic heterocycles. The van der Waals surface area contributed by atoms with Gasteiger partial charge in [0.15, 0.2) is 0 Å². The second-order valence-electron chi connectivity index (χ2n) is 6.98. The van der Waals surface area contributed by atoms with Gasteiger partial charge in [-0.1, -0.05) is 48.0 Å². The quantitative estimate of drug-likeness (QED) is 0.710. The van der Waals surface area contributed by atoms with Gasteiger partial charge in [0.25, 0.3) is 0 Å². The van der Waals surface area contributed by atoms with E-state index in [1.807, 2.05) is 69.3 Å². The first-order chi connectivity index (χ1) is 12.8. The molecule has 0 saturated heterocycles. The Hall–Kier alpha value is -2.82. The molecule has 2 N–H and O–H groups in total. The number of benzene rings is 2. The normalized spacial score (nSPS) is 11.9. The first-order valence-corrected chi connectivity index (χ1v) is 9.14. The molecule has 1 atom stereocenters. The lowest BCUT2D eigenvalue weighted by molar-refractivity contribution is -0.141. The molecule has 27 heavy (non-hydrogen) atoms. The fourth-order valence-corrected chi connectivity index (χ4v) is 2.86. The van der Waals surface area contributed by atoms with Crippen LogP contribution in [-0.4, -0.2) is 29.6 Å². The molecule has 5 heteroatoms. The molecule has 2 aromatic rings. The van der Waals surface area contributed by atoms with Crippen molar-refractivity contribution >= 4 is 11.9 Å². The third-order valence-electron chi connectivity index (χ3n) is 4.15. The van der Waals surface area contributed by atoms with Crippen LogP contribution >= 0.6 is 0 Å². The zero-order valence-corrected chi connectivity index (χ0v) is 16.1. The van der Waals surface area contributed by atoms with E-state index in [2.05, 4.69) is 5.32 Å². The van der Waals surface area contributed by atoms with Crippen molar-refractivity contribution in [3.8, 4) is 5.75 Å². The van der Waals surface area contributed by atoms with E-state index in [1.165, 1.54) is 0 Å². The molecular weight excluding hydrogens is 342 g/mol. The Bertz CT molecular complexity index is 785. The van der Waals surface area contributed by atoms with E-state index >= 15 is 0 Å². The fraction of sp³-hybridized carbons (Fsp3) is 0.364. The van der Waals surface area contributed by atoms with E-state index in [4.69, 9.17) is 4.74 Å². The highest BCUT2D eigenvalue weighted by molar-refractivity contribution is 5.80. The highest BCUT2D eigenvalue weighted by Crippen LogP contribution is 2.20. The molecule has 0 heterocycles. The van der Waals surface area contributed by atoms with Crippen LogP contribution < -0.4 is 10.1 Å². The van der Waals surface area contributed by atoms with Crippen molar-refractivity contribution in [1.82, 2.24) is 5.32 Å². The van der Waals surface area contributed by atoms with Crippen LogP contribution in [0.1, 0.15) is 30.5 Å². The number of hydrogen-bond donors (Lipinski definition) is 2. The van der Waals surface area contributed by atoms with Crippen LogP contribution in [0.15, 0.2) is 48.5 Å². The second-order valence-corrected chi connectivity index (χ2v) is 6.98. The molecular formula is C22H27NO4. The van der Waals surface area contributed by atoms with Crippen LogP contribution in [0.2, 0.25) is 0 Å². The number of carbonyl (C=O) groups excluding carboxylic acids is 1. The van der Waals surface area contributed by atoms with Crippen molar-refractivity contribution in [2.24, 2.45) is 5.92 Å². The summed E-state index contributed by atoms with van der Waals surface area (Å²) < 4.78 is 5.73. The molecule has 0 radical (unpaired) electrons. The van der Waals surface area contributed by atoms with Crippen molar-refractivity contribution in [3.63, 3.8) is 0 Å². The van der Waals surface area contributed by atoms with Gasteiger partial charge in [0.1, 0.15) is 5.75 Å². The summed E-state index contributed by atoms with van der Waals surface area (Å²) in [6.07, 6.45) is 0.546. The number of carbonyl (C=O) groups is 2. The number of aryl methyl sites for hydroxylation is 1. The Morgan fingerprint density at radius 1 is 1.11 bits per heavy atom. The van der Waals surface area contributed by atoms with Crippen molar-refractivity contribution < 1.29 is 19.4 Å². The van der Waals surface area contributed by atoms with Crippen LogP contribution in [0.4, 0.5) is 0 Å². The van der Waals surface area contributed by atoms with E-state index in [-0.39, 0.29) is 25.0 Å². The van der Waals surface area contributed by atoms with Crippen molar-refractivity contribution in [2.45, 2.75) is 39.7 Å². The molecule has 2 aromatic carbocycles. The Balaban J connectivity index is 1.95. The Morgan fingerprint density at radius 2 is 1.85 bits per heavy atom. The Kier molecular flexibility index (Phi) is 7.41. The van der Waals surface area contributed by atoms with E-state index in [0.717, 1.165) is 16.7 Å². The maximum absolute atomic E-state index is 12.3. The largest absolute Gasteiger partial charge is 0.491 e. The standard InChI is InChI=1S/C22H27NO4/c1-15(2)27-20-10-5-4-9-18(20)13-21(24)23-14-19(22(25)26)12-17-8-6-7-16(3)11-17/h4-11,15,19H,12-14H2,1-3H3,(H,23,24)(H,25,26). The van der Waals surface area contributed by atoms with Crippen molar-refractivity contribution in [2.75, 3.05) is 6.54 Å². The summed E-state index contributed by atoms with van der Waals surface area (Å²) in [4.78, 5) is 23.9. The lowest BCUT2D eigenvalue weighted by atomic mass is 9.98. The van der Waals surface area contributed by atoms with Crippen molar-refractivity contribution in [3.05, 3.63) is 65.2 Å². The maximum Gasteiger partial charge on any atom is 0.308 e. The predicted molar refractivity (Wildman–Crippen MR) is 105 cm³/mol. The SMILES string of the molecule is Cc1cccc(CC(CNC(=O)Cc2ccccc2OC(C)C)C(=O)O)c1. The van der Waals surface area contributed by atoms with E-state index in [9.17, 15) is 14.7 Å². The molecule has 0 aliphatic carbocycles. The van der Waals surface area contributed by atoms with Gasteiger partial charge in [0.2, 0.25) is 5.91 Å². The van der Waals surface area contributed by atoms with Gasteiger partial charge in [0, 0.05) is 12.1 Å². The molecule has 1 unspecified atom stereocenters. The molecule has 144 valence electrons. The molecule has 2 rings (SSSR count). The van der Waals surface area contributed by atoms with Gasteiger partial charge in [-0.05, 0) is 38.8 Å². The number of carboxylic acids is 1. The summed E-state index contributed by atoms with van der Waals surface area (Å²) in [5, 5.41) is 12.2. The molecule has 0 fully saturated rings.